The van der Waals surface area contributed by atoms with Gasteiger partial charge in [-0.25, -0.2) is 4.39 Å². The molecule has 1 amide bonds. The maximum absolute atomic E-state index is 13.9. The molecule has 6 heteroatoms. The monoisotopic (exact) mass is 376 g/mol. The van der Waals surface area contributed by atoms with Crippen molar-refractivity contribution >= 4 is 27.5 Å². The van der Waals surface area contributed by atoms with Gasteiger partial charge in [-0.2, -0.15) is 5.26 Å². The number of amides is 1. The average Bonchev–Trinajstić information content (AvgIpc) is 2.56. The summed E-state index contributed by atoms with van der Waals surface area (Å²) in [4.78, 5) is 13.6. The van der Waals surface area contributed by atoms with E-state index in [0.717, 1.165) is 4.47 Å². The number of ether oxygens (including phenoxy) is 1. The predicted octanol–water partition coefficient (Wildman–Crippen LogP) is 3.91. The van der Waals surface area contributed by atoms with E-state index in [1.807, 2.05) is 6.07 Å². The predicted molar refractivity (Wildman–Crippen MR) is 88.6 cm³/mol. The van der Waals surface area contributed by atoms with Gasteiger partial charge < -0.3 is 9.64 Å². The van der Waals surface area contributed by atoms with Gasteiger partial charge in [0, 0.05) is 11.0 Å². The molecule has 0 radical (unpaired) electrons. The molecule has 0 saturated carbocycles. The number of nitrogens with zero attached hydrogens (tertiary/aromatic N) is 2. The van der Waals surface area contributed by atoms with Crippen molar-refractivity contribution in [3.05, 3.63) is 58.8 Å². The number of hydrogen-bond acceptors (Lipinski definition) is 3. The van der Waals surface area contributed by atoms with Crippen LogP contribution in [0, 0.1) is 17.1 Å². The lowest BCUT2D eigenvalue weighted by Gasteiger charge is -2.22. The summed E-state index contributed by atoms with van der Waals surface area (Å²) in [5, 5.41) is 8.73. The van der Waals surface area contributed by atoms with Gasteiger partial charge in [-0.1, -0.05) is 28.1 Å². The number of anilines is 1. The Balaban J connectivity index is 2.09. The number of hydrogen-bond donors (Lipinski definition) is 0. The minimum absolute atomic E-state index is 0.109. The third-order valence-electron chi connectivity index (χ3n) is 3.07. The summed E-state index contributed by atoms with van der Waals surface area (Å²) < 4.78 is 20.2. The molecule has 0 saturated heterocycles. The van der Waals surface area contributed by atoms with Crippen LogP contribution in [0.25, 0.3) is 0 Å². The van der Waals surface area contributed by atoms with Gasteiger partial charge in [-0.3, -0.25) is 4.79 Å². The van der Waals surface area contributed by atoms with E-state index < -0.39 is 11.7 Å². The molecule has 4 nitrogen and oxygen atoms in total. The molecule has 0 unspecified atom stereocenters. The van der Waals surface area contributed by atoms with E-state index in [-0.39, 0.29) is 25.3 Å². The smallest absolute Gasteiger partial charge is 0.265 e. The fraction of sp³-hybridized carbons (Fsp3) is 0.176. The van der Waals surface area contributed by atoms with Crippen LogP contribution in [0.15, 0.2) is 53.0 Å². The second-order valence-electron chi connectivity index (χ2n) is 4.65. The Hall–Kier alpha value is -2.39. The summed E-state index contributed by atoms with van der Waals surface area (Å²) in [6.07, 6.45) is 0.109. The van der Waals surface area contributed by atoms with Crippen molar-refractivity contribution in [2.45, 2.75) is 6.42 Å². The summed E-state index contributed by atoms with van der Waals surface area (Å²) in [6, 6.07) is 15.0. The molecule has 0 aliphatic carbocycles. The molecule has 0 fully saturated rings. The van der Waals surface area contributed by atoms with Gasteiger partial charge >= 0.3 is 0 Å². The molecular weight excluding hydrogens is 363 g/mol. The molecule has 0 atom stereocenters. The van der Waals surface area contributed by atoms with Gasteiger partial charge in [-0.05, 0) is 36.4 Å². The number of halogens is 2. The lowest BCUT2D eigenvalue weighted by atomic mass is 10.2. The van der Waals surface area contributed by atoms with Crippen LogP contribution in [-0.2, 0) is 4.79 Å². The highest BCUT2D eigenvalue weighted by molar-refractivity contribution is 9.10. The van der Waals surface area contributed by atoms with Crippen molar-refractivity contribution in [3.63, 3.8) is 0 Å². The Morgan fingerprint density at radius 3 is 2.57 bits per heavy atom. The van der Waals surface area contributed by atoms with Gasteiger partial charge in [0.15, 0.2) is 6.61 Å². The molecular formula is C17H14BrFN2O2. The number of carbonyl (C=O) groups excluding carboxylic acids is 1. The molecule has 0 aliphatic heterocycles. The Labute approximate surface area is 142 Å². The standard InChI is InChI=1S/C17H14BrFN2O2/c18-13-6-8-14(9-7-13)23-12-17(22)21(11-3-10-20)16-5-2-1-4-15(16)19/h1-2,4-9H,3,11-12H2. The fourth-order valence-corrected chi connectivity index (χ4v) is 2.23. The third kappa shape index (κ3) is 4.80. The SMILES string of the molecule is N#CCCN(C(=O)COc1ccc(Br)cc1)c1ccccc1F. The largest absolute Gasteiger partial charge is 0.484 e. The van der Waals surface area contributed by atoms with Gasteiger partial charge in [0.2, 0.25) is 0 Å². The van der Waals surface area contributed by atoms with E-state index in [9.17, 15) is 9.18 Å². The molecule has 2 rings (SSSR count). The summed E-state index contributed by atoms with van der Waals surface area (Å²) in [5.41, 5.74) is 0.146. The van der Waals surface area contributed by atoms with Crippen LogP contribution in [0.4, 0.5) is 10.1 Å². The van der Waals surface area contributed by atoms with Crippen molar-refractivity contribution < 1.29 is 13.9 Å². The molecule has 2 aromatic carbocycles. The van der Waals surface area contributed by atoms with E-state index in [4.69, 9.17) is 10.00 Å². The summed E-state index contributed by atoms with van der Waals surface area (Å²) in [7, 11) is 0. The first-order valence-corrected chi connectivity index (χ1v) is 7.71. The maximum Gasteiger partial charge on any atom is 0.265 e. The summed E-state index contributed by atoms with van der Waals surface area (Å²) in [5.74, 6) is -0.383. The van der Waals surface area contributed by atoms with Crippen LogP contribution in [0.1, 0.15) is 6.42 Å². The van der Waals surface area contributed by atoms with Crippen molar-refractivity contribution in [3.8, 4) is 11.8 Å². The molecule has 0 heterocycles. The maximum atomic E-state index is 13.9. The van der Waals surface area contributed by atoms with E-state index >= 15 is 0 Å². The minimum atomic E-state index is -0.512. The zero-order valence-electron chi connectivity index (χ0n) is 12.2. The van der Waals surface area contributed by atoms with Crippen LogP contribution < -0.4 is 9.64 Å². The first kappa shape index (κ1) is 17.0. The first-order valence-electron chi connectivity index (χ1n) is 6.92. The van der Waals surface area contributed by atoms with Gasteiger partial charge in [-0.15, -0.1) is 0 Å². The average molecular weight is 377 g/mol. The van der Waals surface area contributed by atoms with Crippen LogP contribution in [0.2, 0.25) is 0 Å². The lowest BCUT2D eigenvalue weighted by Crippen LogP contribution is -2.36. The first-order chi connectivity index (χ1) is 11.1. The Bertz CT molecular complexity index is 713. The van der Waals surface area contributed by atoms with Crippen LogP contribution in [0.3, 0.4) is 0 Å². The second kappa shape index (κ2) is 8.30. The lowest BCUT2D eigenvalue weighted by molar-refractivity contribution is -0.120. The van der Waals surface area contributed by atoms with E-state index in [2.05, 4.69) is 15.9 Å². The fourth-order valence-electron chi connectivity index (χ4n) is 1.97. The molecule has 0 spiro atoms. The van der Waals surface area contributed by atoms with Crippen molar-refractivity contribution in [2.24, 2.45) is 0 Å². The Morgan fingerprint density at radius 2 is 1.91 bits per heavy atom. The van der Waals surface area contributed by atoms with E-state index in [1.54, 1.807) is 36.4 Å². The highest BCUT2D eigenvalue weighted by Gasteiger charge is 2.19. The minimum Gasteiger partial charge on any atom is -0.484 e. The Kier molecular flexibility index (Phi) is 6.12. The molecule has 0 N–H and O–H groups in total. The van der Waals surface area contributed by atoms with Crippen LogP contribution in [-0.4, -0.2) is 19.1 Å². The van der Waals surface area contributed by atoms with E-state index in [1.165, 1.54) is 17.0 Å². The molecule has 0 aliphatic rings. The third-order valence-corrected chi connectivity index (χ3v) is 3.60. The quantitative estimate of drug-likeness (QED) is 0.767. The summed E-state index contributed by atoms with van der Waals surface area (Å²) >= 11 is 3.31. The van der Waals surface area contributed by atoms with Crippen molar-refractivity contribution in [1.82, 2.24) is 0 Å². The van der Waals surface area contributed by atoms with Gasteiger partial charge in [0.1, 0.15) is 11.6 Å². The zero-order valence-corrected chi connectivity index (χ0v) is 13.8. The van der Waals surface area contributed by atoms with Crippen LogP contribution in [0.5, 0.6) is 5.75 Å². The second-order valence-corrected chi connectivity index (χ2v) is 5.56. The topological polar surface area (TPSA) is 53.3 Å². The number of para-hydroxylation sites is 1. The number of nitriles is 1. The van der Waals surface area contributed by atoms with Crippen molar-refractivity contribution in [2.75, 3.05) is 18.1 Å². The molecule has 2 aromatic rings. The summed E-state index contributed by atoms with van der Waals surface area (Å²) in [6.45, 7) is -0.124. The number of rotatable bonds is 6. The van der Waals surface area contributed by atoms with Crippen LogP contribution >= 0.6 is 15.9 Å². The number of benzene rings is 2. The highest BCUT2D eigenvalue weighted by Crippen LogP contribution is 2.20. The van der Waals surface area contributed by atoms with Gasteiger partial charge in [0.25, 0.3) is 5.91 Å². The highest BCUT2D eigenvalue weighted by atomic mass is 79.9. The molecule has 118 valence electrons. The van der Waals surface area contributed by atoms with Gasteiger partial charge in [0.05, 0.1) is 18.2 Å². The molecule has 0 aromatic heterocycles. The zero-order chi connectivity index (χ0) is 16.7. The number of carbonyl (C=O) groups is 1. The molecule has 23 heavy (non-hydrogen) atoms. The molecule has 0 bridgehead atoms. The van der Waals surface area contributed by atoms with Crippen molar-refractivity contribution in [1.29, 1.82) is 5.26 Å². The normalized spacial score (nSPS) is 9.96. The Morgan fingerprint density at radius 1 is 1.22 bits per heavy atom. The van der Waals surface area contributed by atoms with E-state index in [0.29, 0.717) is 5.75 Å².